The average Bonchev–Trinajstić information content (AvgIpc) is 2.26. The molecule has 0 spiro atoms. The Labute approximate surface area is 114 Å². The molecule has 1 heteroatoms. The smallest absolute Gasteiger partial charge is 0.00205 e. The lowest BCUT2D eigenvalue weighted by atomic mass is 9.70. The fourth-order valence-electron chi connectivity index (χ4n) is 3.63. The highest BCUT2D eigenvalue weighted by molar-refractivity contribution is 4.81. The highest BCUT2D eigenvalue weighted by Gasteiger charge is 2.29. The molecule has 0 heterocycles. The molecule has 1 N–H and O–H groups in total. The maximum atomic E-state index is 3.71. The third-order valence-corrected chi connectivity index (χ3v) is 5.46. The summed E-state index contributed by atoms with van der Waals surface area (Å²) in [5, 5.41) is 3.71. The van der Waals surface area contributed by atoms with E-state index in [1.54, 1.807) is 0 Å². The van der Waals surface area contributed by atoms with Crippen LogP contribution in [0.15, 0.2) is 0 Å². The van der Waals surface area contributed by atoms with Gasteiger partial charge >= 0.3 is 0 Å². The molecule has 2 fully saturated rings. The van der Waals surface area contributed by atoms with Crippen molar-refractivity contribution < 1.29 is 0 Å². The second-order valence-electron chi connectivity index (χ2n) is 7.87. The molecule has 1 nitrogen and oxygen atoms in total. The Balaban J connectivity index is 1.53. The second-order valence-corrected chi connectivity index (χ2v) is 7.87. The molecule has 0 amide bonds. The van der Waals surface area contributed by atoms with Gasteiger partial charge in [0.15, 0.2) is 0 Å². The monoisotopic (exact) mass is 251 g/mol. The molecule has 2 aliphatic carbocycles. The van der Waals surface area contributed by atoms with Gasteiger partial charge in [-0.15, -0.1) is 0 Å². The van der Waals surface area contributed by atoms with Gasteiger partial charge in [-0.25, -0.2) is 0 Å². The zero-order valence-electron chi connectivity index (χ0n) is 12.8. The van der Waals surface area contributed by atoms with E-state index in [2.05, 4.69) is 26.1 Å². The zero-order valence-corrected chi connectivity index (χ0v) is 12.8. The Morgan fingerprint density at radius 1 is 0.889 bits per heavy atom. The number of rotatable bonds is 5. The van der Waals surface area contributed by atoms with Crippen LogP contribution in [0, 0.1) is 23.2 Å². The minimum absolute atomic E-state index is 0.530. The van der Waals surface area contributed by atoms with Crippen molar-refractivity contribution >= 4 is 0 Å². The molecule has 0 saturated heterocycles. The highest BCUT2D eigenvalue weighted by atomic mass is 14.9. The van der Waals surface area contributed by atoms with Crippen molar-refractivity contribution in [3.8, 4) is 0 Å². The lowest BCUT2D eigenvalue weighted by Gasteiger charge is -2.37. The molecular formula is C17H33N. The summed E-state index contributed by atoms with van der Waals surface area (Å²) >= 11 is 0. The second kappa shape index (κ2) is 6.41. The molecule has 0 unspecified atom stereocenters. The molecule has 0 atom stereocenters. The number of hydrogen-bond acceptors (Lipinski definition) is 1. The van der Waals surface area contributed by atoms with Crippen molar-refractivity contribution in [2.24, 2.45) is 23.2 Å². The van der Waals surface area contributed by atoms with Crippen LogP contribution in [0.2, 0.25) is 0 Å². The first-order valence-corrected chi connectivity index (χ1v) is 8.26. The lowest BCUT2D eigenvalue weighted by molar-refractivity contribution is 0.148. The molecule has 2 saturated carbocycles. The molecule has 106 valence electrons. The Kier molecular flexibility index (Phi) is 5.12. The summed E-state index contributed by atoms with van der Waals surface area (Å²) in [4.78, 5) is 0. The number of hydrogen-bond donors (Lipinski definition) is 1. The molecule has 18 heavy (non-hydrogen) atoms. The lowest BCUT2D eigenvalue weighted by Crippen LogP contribution is -2.31. The third kappa shape index (κ3) is 4.26. The molecule has 0 bridgehead atoms. The molecule has 0 aromatic carbocycles. The standard InChI is InChI=1S/C17H33N/c1-17(2,3)16-9-7-15(8-10-16)13-18-12-11-14-5-4-6-14/h14-16,18H,4-13H2,1-3H3. The topological polar surface area (TPSA) is 12.0 Å². The van der Waals surface area contributed by atoms with Crippen LogP contribution in [-0.4, -0.2) is 13.1 Å². The van der Waals surface area contributed by atoms with Gasteiger partial charge in [-0.3, -0.25) is 0 Å². The van der Waals surface area contributed by atoms with Crippen LogP contribution >= 0.6 is 0 Å². The summed E-state index contributed by atoms with van der Waals surface area (Å²) in [7, 11) is 0. The molecule has 0 aromatic rings. The van der Waals surface area contributed by atoms with Crippen LogP contribution in [0.5, 0.6) is 0 Å². The third-order valence-electron chi connectivity index (χ3n) is 5.46. The first kappa shape index (κ1) is 14.4. The fraction of sp³-hybridized carbons (Fsp3) is 1.00. The molecule has 0 radical (unpaired) electrons. The van der Waals surface area contributed by atoms with Gasteiger partial charge in [0.2, 0.25) is 0 Å². The van der Waals surface area contributed by atoms with E-state index < -0.39 is 0 Å². The molecule has 0 aliphatic heterocycles. The maximum Gasteiger partial charge on any atom is -0.00205 e. The van der Waals surface area contributed by atoms with E-state index in [1.807, 2.05) is 0 Å². The van der Waals surface area contributed by atoms with Crippen molar-refractivity contribution in [1.82, 2.24) is 5.32 Å². The Bertz CT molecular complexity index is 228. The molecule has 2 aliphatic rings. The van der Waals surface area contributed by atoms with E-state index in [4.69, 9.17) is 0 Å². The normalized spacial score (nSPS) is 30.2. The van der Waals surface area contributed by atoms with Crippen molar-refractivity contribution in [3.05, 3.63) is 0 Å². The number of nitrogens with one attached hydrogen (secondary N) is 1. The zero-order chi connectivity index (χ0) is 13.0. The summed E-state index contributed by atoms with van der Waals surface area (Å²) in [6, 6.07) is 0. The van der Waals surface area contributed by atoms with Gasteiger partial charge in [0.1, 0.15) is 0 Å². The van der Waals surface area contributed by atoms with Crippen molar-refractivity contribution in [2.75, 3.05) is 13.1 Å². The molecule has 0 aromatic heterocycles. The summed E-state index contributed by atoms with van der Waals surface area (Å²) in [6.45, 7) is 9.78. The van der Waals surface area contributed by atoms with Crippen molar-refractivity contribution in [3.63, 3.8) is 0 Å². The van der Waals surface area contributed by atoms with Gasteiger partial charge in [0.25, 0.3) is 0 Å². The van der Waals surface area contributed by atoms with Gasteiger partial charge in [0.05, 0.1) is 0 Å². The minimum Gasteiger partial charge on any atom is -0.316 e. The summed E-state index contributed by atoms with van der Waals surface area (Å²) < 4.78 is 0. The SMILES string of the molecule is CC(C)(C)C1CCC(CNCCC2CCC2)CC1. The Morgan fingerprint density at radius 2 is 1.56 bits per heavy atom. The van der Waals surface area contributed by atoms with E-state index in [-0.39, 0.29) is 0 Å². The van der Waals surface area contributed by atoms with E-state index in [1.165, 1.54) is 64.5 Å². The van der Waals surface area contributed by atoms with E-state index in [9.17, 15) is 0 Å². The van der Waals surface area contributed by atoms with Crippen LogP contribution in [0.3, 0.4) is 0 Å². The van der Waals surface area contributed by atoms with Gasteiger partial charge in [-0.1, -0.05) is 40.0 Å². The summed E-state index contributed by atoms with van der Waals surface area (Å²) in [6.07, 6.45) is 11.7. The summed E-state index contributed by atoms with van der Waals surface area (Å²) in [5.41, 5.74) is 0.530. The van der Waals surface area contributed by atoms with E-state index in [0.717, 1.165) is 17.8 Å². The fourth-order valence-corrected chi connectivity index (χ4v) is 3.63. The van der Waals surface area contributed by atoms with Crippen LogP contribution in [0.25, 0.3) is 0 Å². The van der Waals surface area contributed by atoms with Crippen LogP contribution in [0.1, 0.15) is 72.1 Å². The maximum absolute atomic E-state index is 3.71. The highest BCUT2D eigenvalue weighted by Crippen LogP contribution is 2.39. The molecular weight excluding hydrogens is 218 g/mol. The van der Waals surface area contributed by atoms with E-state index >= 15 is 0 Å². The van der Waals surface area contributed by atoms with E-state index in [0.29, 0.717) is 5.41 Å². The van der Waals surface area contributed by atoms with Gasteiger partial charge in [0, 0.05) is 0 Å². The molecule has 2 rings (SSSR count). The van der Waals surface area contributed by atoms with Crippen LogP contribution in [-0.2, 0) is 0 Å². The van der Waals surface area contributed by atoms with Crippen LogP contribution < -0.4 is 5.32 Å². The Hall–Kier alpha value is -0.0400. The predicted molar refractivity (Wildman–Crippen MR) is 79.7 cm³/mol. The predicted octanol–water partition coefficient (Wildman–Crippen LogP) is 4.62. The van der Waals surface area contributed by atoms with Gasteiger partial charge in [-0.2, -0.15) is 0 Å². The Morgan fingerprint density at radius 3 is 2.06 bits per heavy atom. The summed E-state index contributed by atoms with van der Waals surface area (Å²) in [5.74, 6) is 2.99. The quantitative estimate of drug-likeness (QED) is 0.703. The largest absolute Gasteiger partial charge is 0.316 e. The first-order valence-electron chi connectivity index (χ1n) is 8.26. The van der Waals surface area contributed by atoms with Crippen molar-refractivity contribution in [1.29, 1.82) is 0 Å². The van der Waals surface area contributed by atoms with Gasteiger partial charge in [-0.05, 0) is 68.4 Å². The van der Waals surface area contributed by atoms with Crippen molar-refractivity contribution in [2.45, 2.75) is 72.1 Å². The minimum atomic E-state index is 0.530. The average molecular weight is 251 g/mol. The van der Waals surface area contributed by atoms with Crippen LogP contribution in [0.4, 0.5) is 0 Å². The first-order chi connectivity index (χ1) is 8.55. The van der Waals surface area contributed by atoms with Gasteiger partial charge < -0.3 is 5.32 Å².